The molecule has 3 rings (SSSR count). The Bertz CT molecular complexity index is 1090. The summed E-state index contributed by atoms with van der Waals surface area (Å²) in [6, 6.07) is 18.6. The van der Waals surface area contributed by atoms with Crippen LogP contribution in [0.1, 0.15) is 35.3 Å². The second-order valence-electron chi connectivity index (χ2n) is 6.68. The van der Waals surface area contributed by atoms with Crippen molar-refractivity contribution in [2.24, 2.45) is 5.10 Å². The fourth-order valence-corrected chi connectivity index (χ4v) is 2.88. The first-order valence-electron chi connectivity index (χ1n) is 10.3. The van der Waals surface area contributed by atoms with E-state index in [0.29, 0.717) is 41.6 Å². The molecule has 0 aliphatic rings. The van der Waals surface area contributed by atoms with Crippen molar-refractivity contribution >= 4 is 12.1 Å². The van der Waals surface area contributed by atoms with E-state index in [2.05, 4.69) is 10.5 Å². The molecule has 0 aromatic heterocycles. The van der Waals surface area contributed by atoms with E-state index in [0.717, 1.165) is 5.56 Å². The van der Waals surface area contributed by atoms with Gasteiger partial charge in [0.15, 0.2) is 11.5 Å². The largest absolute Gasteiger partial charge is 0.490 e. The molecule has 32 heavy (non-hydrogen) atoms. The number of carbonyl (C=O) groups excluding carboxylic acids is 1. The SMILES string of the molecule is CCOc1ccc(C(=O)N/N=C/c2cccc(OCc3ccccc3F)c2)cc1OCC. The predicted octanol–water partition coefficient (Wildman–Crippen LogP) is 4.97. The van der Waals surface area contributed by atoms with Crippen molar-refractivity contribution in [1.82, 2.24) is 5.43 Å². The number of hydrogen-bond acceptors (Lipinski definition) is 5. The molecule has 0 aliphatic carbocycles. The molecule has 0 aliphatic heterocycles. The van der Waals surface area contributed by atoms with Crippen LogP contribution in [0.3, 0.4) is 0 Å². The highest BCUT2D eigenvalue weighted by Crippen LogP contribution is 2.28. The molecule has 0 saturated carbocycles. The molecular formula is C25H25FN2O4. The first-order chi connectivity index (χ1) is 15.6. The fourth-order valence-electron chi connectivity index (χ4n) is 2.88. The van der Waals surface area contributed by atoms with Crippen LogP contribution in [0.4, 0.5) is 4.39 Å². The zero-order valence-electron chi connectivity index (χ0n) is 18.0. The van der Waals surface area contributed by atoms with Gasteiger partial charge in [0.1, 0.15) is 18.2 Å². The zero-order valence-corrected chi connectivity index (χ0v) is 18.0. The number of hydrazone groups is 1. The average molecular weight is 436 g/mol. The summed E-state index contributed by atoms with van der Waals surface area (Å²) in [6.45, 7) is 4.81. The van der Waals surface area contributed by atoms with Crippen molar-refractivity contribution in [2.75, 3.05) is 13.2 Å². The lowest BCUT2D eigenvalue weighted by Gasteiger charge is -2.11. The number of hydrogen-bond donors (Lipinski definition) is 1. The Hall–Kier alpha value is -3.87. The minimum Gasteiger partial charge on any atom is -0.490 e. The third kappa shape index (κ3) is 6.31. The third-order valence-corrected chi connectivity index (χ3v) is 4.40. The molecule has 0 atom stereocenters. The van der Waals surface area contributed by atoms with Gasteiger partial charge in [-0.15, -0.1) is 0 Å². The highest BCUT2D eigenvalue weighted by molar-refractivity contribution is 5.95. The lowest BCUT2D eigenvalue weighted by molar-refractivity contribution is 0.0954. The van der Waals surface area contributed by atoms with E-state index >= 15 is 0 Å². The summed E-state index contributed by atoms with van der Waals surface area (Å²) in [4.78, 5) is 12.4. The highest BCUT2D eigenvalue weighted by Gasteiger charge is 2.11. The lowest BCUT2D eigenvalue weighted by Crippen LogP contribution is -2.17. The van der Waals surface area contributed by atoms with Gasteiger partial charge < -0.3 is 14.2 Å². The maximum Gasteiger partial charge on any atom is 0.271 e. The van der Waals surface area contributed by atoms with E-state index in [9.17, 15) is 9.18 Å². The van der Waals surface area contributed by atoms with Crippen LogP contribution in [-0.2, 0) is 6.61 Å². The summed E-state index contributed by atoms with van der Waals surface area (Å²) in [5, 5.41) is 4.01. The van der Waals surface area contributed by atoms with Crippen molar-refractivity contribution in [1.29, 1.82) is 0 Å². The number of carbonyl (C=O) groups is 1. The molecule has 1 amide bonds. The van der Waals surface area contributed by atoms with E-state index in [1.807, 2.05) is 19.9 Å². The van der Waals surface area contributed by atoms with Gasteiger partial charge in [-0.25, -0.2) is 9.82 Å². The van der Waals surface area contributed by atoms with Crippen LogP contribution < -0.4 is 19.6 Å². The first kappa shape index (κ1) is 22.8. The van der Waals surface area contributed by atoms with E-state index < -0.39 is 0 Å². The number of nitrogens with one attached hydrogen (secondary N) is 1. The summed E-state index contributed by atoms with van der Waals surface area (Å²) in [5.41, 5.74) is 4.09. The Morgan fingerprint density at radius 2 is 1.72 bits per heavy atom. The molecule has 0 fully saturated rings. The summed E-state index contributed by atoms with van der Waals surface area (Å²) in [6.07, 6.45) is 1.51. The van der Waals surface area contributed by atoms with Gasteiger partial charge in [-0.3, -0.25) is 4.79 Å². The second-order valence-corrected chi connectivity index (χ2v) is 6.68. The second kappa shape index (κ2) is 11.5. The Morgan fingerprint density at radius 3 is 2.50 bits per heavy atom. The van der Waals surface area contributed by atoms with Crippen molar-refractivity contribution in [3.8, 4) is 17.2 Å². The smallest absolute Gasteiger partial charge is 0.271 e. The number of halogens is 1. The quantitative estimate of drug-likeness (QED) is 0.360. The molecule has 1 N–H and O–H groups in total. The number of benzene rings is 3. The Kier molecular flexibility index (Phi) is 8.20. The minimum atomic E-state index is -0.378. The van der Waals surface area contributed by atoms with Gasteiger partial charge in [-0.2, -0.15) is 5.10 Å². The normalized spacial score (nSPS) is 10.7. The molecule has 166 valence electrons. The van der Waals surface area contributed by atoms with Gasteiger partial charge in [0.2, 0.25) is 0 Å². The van der Waals surface area contributed by atoms with Gasteiger partial charge in [0.05, 0.1) is 19.4 Å². The number of amides is 1. The lowest BCUT2D eigenvalue weighted by atomic mass is 10.2. The monoisotopic (exact) mass is 436 g/mol. The van der Waals surface area contributed by atoms with Gasteiger partial charge >= 0.3 is 0 Å². The highest BCUT2D eigenvalue weighted by atomic mass is 19.1. The Balaban J connectivity index is 1.61. The maximum absolute atomic E-state index is 13.7. The first-order valence-corrected chi connectivity index (χ1v) is 10.3. The van der Waals surface area contributed by atoms with Gasteiger partial charge in [-0.1, -0.05) is 30.3 Å². The molecule has 6 nitrogen and oxygen atoms in total. The molecule has 0 unspecified atom stereocenters. The maximum atomic E-state index is 13.7. The summed E-state index contributed by atoms with van der Waals surface area (Å²) >= 11 is 0. The molecule has 0 saturated heterocycles. The van der Waals surface area contributed by atoms with Crippen molar-refractivity contribution in [3.63, 3.8) is 0 Å². The van der Waals surface area contributed by atoms with Crippen LogP contribution >= 0.6 is 0 Å². The van der Waals surface area contributed by atoms with Crippen molar-refractivity contribution in [3.05, 3.63) is 89.2 Å². The van der Waals surface area contributed by atoms with E-state index in [1.54, 1.807) is 54.6 Å². The van der Waals surface area contributed by atoms with Crippen molar-refractivity contribution in [2.45, 2.75) is 20.5 Å². The van der Waals surface area contributed by atoms with Gasteiger partial charge in [0.25, 0.3) is 5.91 Å². The number of ether oxygens (including phenoxy) is 3. The zero-order chi connectivity index (χ0) is 22.8. The Morgan fingerprint density at radius 1 is 0.938 bits per heavy atom. The molecule has 3 aromatic rings. The molecular weight excluding hydrogens is 411 g/mol. The number of rotatable bonds is 10. The molecule has 0 heterocycles. The average Bonchev–Trinajstić information content (AvgIpc) is 2.80. The third-order valence-electron chi connectivity index (χ3n) is 4.40. The summed E-state index contributed by atoms with van der Waals surface area (Å²) < 4.78 is 30.4. The molecule has 7 heteroatoms. The Labute approximate surface area is 186 Å². The van der Waals surface area contributed by atoms with E-state index in [-0.39, 0.29) is 18.3 Å². The molecule has 0 bridgehead atoms. The van der Waals surface area contributed by atoms with Crippen LogP contribution in [0.25, 0.3) is 0 Å². The summed E-state index contributed by atoms with van der Waals surface area (Å²) in [7, 11) is 0. The van der Waals surface area contributed by atoms with Crippen LogP contribution in [-0.4, -0.2) is 25.3 Å². The standard InChI is InChI=1S/C25H25FN2O4/c1-3-30-23-13-12-19(15-24(23)31-4-2)25(29)28-27-16-18-8-7-10-21(14-18)32-17-20-9-5-6-11-22(20)26/h5-16H,3-4,17H2,1-2H3,(H,28,29)/b27-16+. The van der Waals surface area contributed by atoms with E-state index in [1.165, 1.54) is 12.3 Å². The molecule has 3 aromatic carbocycles. The minimum absolute atomic E-state index is 0.115. The predicted molar refractivity (Wildman–Crippen MR) is 121 cm³/mol. The van der Waals surface area contributed by atoms with Crippen molar-refractivity contribution < 1.29 is 23.4 Å². The van der Waals surface area contributed by atoms with E-state index in [4.69, 9.17) is 14.2 Å². The molecule has 0 spiro atoms. The van der Waals surface area contributed by atoms with Crippen LogP contribution in [0, 0.1) is 5.82 Å². The van der Waals surface area contributed by atoms with Crippen LogP contribution in [0.2, 0.25) is 0 Å². The topological polar surface area (TPSA) is 69.2 Å². The number of nitrogens with zero attached hydrogens (tertiary/aromatic N) is 1. The van der Waals surface area contributed by atoms with Crippen LogP contribution in [0.5, 0.6) is 17.2 Å². The van der Waals surface area contributed by atoms with Gasteiger partial charge in [0, 0.05) is 11.1 Å². The van der Waals surface area contributed by atoms with Crippen LogP contribution in [0.15, 0.2) is 71.8 Å². The fraction of sp³-hybridized carbons (Fsp3) is 0.200. The van der Waals surface area contributed by atoms with Gasteiger partial charge in [-0.05, 0) is 55.8 Å². The summed E-state index contributed by atoms with van der Waals surface area (Å²) in [5.74, 6) is 0.968. The molecule has 0 radical (unpaired) electrons.